The molecule has 0 amide bonds. The zero-order valence-electron chi connectivity index (χ0n) is 19.8. The van der Waals surface area contributed by atoms with Crippen LogP contribution in [0.1, 0.15) is 78.1 Å². The molecular weight excluding hydrogens is 440 g/mol. The Morgan fingerprint density at radius 3 is 2.19 bits per heavy atom. The summed E-state index contributed by atoms with van der Waals surface area (Å²) < 4.78 is 38.2. The molecule has 1 heterocycles. The molecule has 6 heteroatoms. The maximum Gasteiger partial charge on any atom is 0.276 e. The molecule has 2 aromatic rings. The van der Waals surface area contributed by atoms with Crippen LogP contribution in [0.4, 0.5) is 0 Å². The van der Waals surface area contributed by atoms with Gasteiger partial charge in [0.05, 0.1) is 12.4 Å². The summed E-state index contributed by atoms with van der Waals surface area (Å²) in [5.41, 5.74) is 0. The van der Waals surface area contributed by atoms with Crippen molar-refractivity contribution in [3.05, 3.63) is 36.4 Å². The Morgan fingerprint density at radius 1 is 0.812 bits per heavy atom. The van der Waals surface area contributed by atoms with Crippen LogP contribution in [0.2, 0.25) is 0 Å². The van der Waals surface area contributed by atoms with Crippen LogP contribution in [0.15, 0.2) is 41.3 Å². The van der Waals surface area contributed by atoms with E-state index in [1.165, 1.54) is 19.3 Å². The van der Waals surface area contributed by atoms with E-state index < -0.39 is 20.4 Å². The Bertz CT molecular complexity index is 949. The van der Waals surface area contributed by atoms with Crippen molar-refractivity contribution in [2.24, 2.45) is 0 Å². The normalized spacial score (nSPS) is 16.9. The molecule has 1 saturated heterocycles. The van der Waals surface area contributed by atoms with Crippen LogP contribution in [-0.4, -0.2) is 32.3 Å². The molecule has 3 rings (SSSR count). The molecule has 1 aliphatic heterocycles. The maximum absolute atomic E-state index is 13.0. The fourth-order valence-corrected chi connectivity index (χ4v) is 10.5. The molecule has 2 aromatic carbocycles. The second-order valence-corrected chi connectivity index (χ2v) is 13.8. The number of benzene rings is 2. The molecule has 0 bridgehead atoms. The highest BCUT2D eigenvalue weighted by molar-refractivity contribution is 8.33. The molecule has 32 heavy (non-hydrogen) atoms. The lowest BCUT2D eigenvalue weighted by Crippen LogP contribution is -2.17. The smallest absolute Gasteiger partial charge is 0.276 e. The van der Waals surface area contributed by atoms with Crippen LogP contribution in [0, 0.1) is 0 Å². The largest absolute Gasteiger partial charge is 0.493 e. The molecule has 0 saturated carbocycles. The Hall–Kier alpha value is -1.24. The Labute approximate surface area is 196 Å². The van der Waals surface area contributed by atoms with E-state index in [0.29, 0.717) is 13.0 Å². The van der Waals surface area contributed by atoms with Gasteiger partial charge in [0.15, 0.2) is 0 Å². The van der Waals surface area contributed by atoms with Crippen molar-refractivity contribution in [1.29, 1.82) is 0 Å². The van der Waals surface area contributed by atoms with Crippen molar-refractivity contribution >= 4 is 31.2 Å². The summed E-state index contributed by atoms with van der Waals surface area (Å²) in [5.74, 6) is 2.65. The van der Waals surface area contributed by atoms with E-state index in [0.717, 1.165) is 71.4 Å². The highest BCUT2D eigenvalue weighted by Gasteiger charge is 2.37. The SMILES string of the molecule is CCCCCCCCS(=O)(=O)OS1(c2ccc(OCCCC)c3ccccc23)CCCC1. The molecule has 180 valence electrons. The van der Waals surface area contributed by atoms with Gasteiger partial charge in [-0.05, 0) is 43.2 Å². The van der Waals surface area contributed by atoms with E-state index in [-0.39, 0.29) is 5.75 Å². The van der Waals surface area contributed by atoms with Crippen molar-refractivity contribution in [2.45, 2.75) is 83.0 Å². The fraction of sp³-hybridized carbons (Fsp3) is 0.615. The van der Waals surface area contributed by atoms with Crippen LogP contribution in [0.25, 0.3) is 10.8 Å². The van der Waals surface area contributed by atoms with Gasteiger partial charge in [-0.1, -0.05) is 86.9 Å². The average Bonchev–Trinajstić information content (AvgIpc) is 3.25. The number of hydrogen-bond acceptors (Lipinski definition) is 4. The van der Waals surface area contributed by atoms with Gasteiger partial charge in [0, 0.05) is 21.8 Å². The summed E-state index contributed by atoms with van der Waals surface area (Å²) in [6.07, 6.45) is 10.5. The lowest BCUT2D eigenvalue weighted by molar-refractivity contribution is 0.313. The lowest BCUT2D eigenvalue weighted by Gasteiger charge is -2.35. The minimum absolute atomic E-state index is 0.129. The van der Waals surface area contributed by atoms with E-state index in [9.17, 15) is 8.42 Å². The highest BCUT2D eigenvalue weighted by atomic mass is 32.3. The van der Waals surface area contributed by atoms with Gasteiger partial charge < -0.3 is 4.74 Å². The molecule has 0 spiro atoms. The van der Waals surface area contributed by atoms with E-state index in [2.05, 4.69) is 32.0 Å². The van der Waals surface area contributed by atoms with Gasteiger partial charge in [0.1, 0.15) is 5.75 Å². The molecule has 0 unspecified atom stereocenters. The summed E-state index contributed by atoms with van der Waals surface area (Å²) in [5, 5.41) is 2.13. The first-order chi connectivity index (χ1) is 15.5. The van der Waals surface area contributed by atoms with E-state index >= 15 is 0 Å². The van der Waals surface area contributed by atoms with E-state index in [1.807, 2.05) is 18.2 Å². The number of hydrogen-bond donors (Lipinski definition) is 0. The molecule has 0 radical (unpaired) electrons. The maximum atomic E-state index is 13.0. The van der Waals surface area contributed by atoms with Gasteiger partial charge in [-0.3, -0.25) is 0 Å². The summed E-state index contributed by atoms with van der Waals surface area (Å²) in [6, 6.07) is 12.3. The zero-order valence-corrected chi connectivity index (χ0v) is 21.4. The Kier molecular flexibility index (Phi) is 9.75. The third-order valence-electron chi connectivity index (χ3n) is 6.18. The van der Waals surface area contributed by atoms with Gasteiger partial charge >= 0.3 is 0 Å². The van der Waals surface area contributed by atoms with E-state index in [1.54, 1.807) is 0 Å². The minimum atomic E-state index is -3.55. The minimum Gasteiger partial charge on any atom is -0.493 e. The summed E-state index contributed by atoms with van der Waals surface area (Å²) >= 11 is 0. The lowest BCUT2D eigenvalue weighted by atomic mass is 10.1. The van der Waals surface area contributed by atoms with Gasteiger partial charge in [0.2, 0.25) is 0 Å². The van der Waals surface area contributed by atoms with E-state index in [4.69, 9.17) is 8.37 Å². The molecule has 1 fully saturated rings. The quantitative estimate of drug-likeness (QED) is 0.261. The molecule has 4 nitrogen and oxygen atoms in total. The van der Waals surface area contributed by atoms with Crippen LogP contribution in [0.3, 0.4) is 0 Å². The average molecular weight is 481 g/mol. The van der Waals surface area contributed by atoms with Gasteiger partial charge in [-0.15, -0.1) is 0 Å². The number of fused-ring (bicyclic) bond motifs is 1. The second kappa shape index (κ2) is 12.3. The first kappa shape index (κ1) is 25.4. The van der Waals surface area contributed by atoms with Crippen molar-refractivity contribution in [3.63, 3.8) is 0 Å². The third kappa shape index (κ3) is 6.64. The zero-order chi connectivity index (χ0) is 22.9. The summed E-state index contributed by atoms with van der Waals surface area (Å²) in [4.78, 5) is 1.07. The van der Waals surface area contributed by atoms with Crippen LogP contribution in [-0.2, 0) is 13.7 Å². The second-order valence-electron chi connectivity index (χ2n) is 8.83. The van der Waals surface area contributed by atoms with Crippen molar-refractivity contribution in [1.82, 2.24) is 0 Å². The number of unbranched alkanes of at least 4 members (excludes halogenated alkanes) is 6. The molecular formula is C26H40O4S2. The molecule has 0 aromatic heterocycles. The number of ether oxygens (including phenoxy) is 1. The first-order valence-electron chi connectivity index (χ1n) is 12.4. The summed E-state index contributed by atoms with van der Waals surface area (Å²) in [6.45, 7) is 5.04. The Balaban J connectivity index is 1.81. The van der Waals surface area contributed by atoms with Gasteiger partial charge in [0.25, 0.3) is 10.1 Å². The van der Waals surface area contributed by atoms with Crippen LogP contribution >= 0.6 is 10.3 Å². The molecule has 1 aliphatic rings. The Morgan fingerprint density at radius 2 is 1.47 bits per heavy atom. The third-order valence-corrected chi connectivity index (χ3v) is 11.9. The first-order valence-corrected chi connectivity index (χ1v) is 15.9. The van der Waals surface area contributed by atoms with Crippen molar-refractivity contribution in [2.75, 3.05) is 23.9 Å². The molecule has 0 N–H and O–H groups in total. The topological polar surface area (TPSA) is 52.6 Å². The van der Waals surface area contributed by atoms with Crippen LogP contribution < -0.4 is 4.74 Å². The van der Waals surface area contributed by atoms with Crippen molar-refractivity contribution in [3.8, 4) is 5.75 Å². The predicted molar refractivity (Wildman–Crippen MR) is 137 cm³/mol. The molecule has 0 atom stereocenters. The van der Waals surface area contributed by atoms with Gasteiger partial charge in [-0.2, -0.15) is 8.42 Å². The van der Waals surface area contributed by atoms with Gasteiger partial charge in [-0.25, -0.2) is 3.63 Å². The monoisotopic (exact) mass is 480 g/mol. The fourth-order valence-electron chi connectivity index (χ4n) is 4.41. The standard InChI is InChI=1S/C26H40O4S2/c1-3-5-7-8-9-12-22-32(27,28)30-31(20-13-14-21-31)26-18-17-25(29-19-6-4-2)23-15-10-11-16-24(23)26/h10-11,15-18H,3-9,12-14,19-22H2,1-2H3. The highest BCUT2D eigenvalue weighted by Crippen LogP contribution is 2.64. The number of rotatable bonds is 14. The summed E-state index contributed by atoms with van der Waals surface area (Å²) in [7, 11) is -5.42. The van der Waals surface area contributed by atoms with Crippen LogP contribution in [0.5, 0.6) is 5.75 Å². The predicted octanol–water partition coefficient (Wildman–Crippen LogP) is 7.60. The van der Waals surface area contributed by atoms with Crippen molar-refractivity contribution < 1.29 is 16.8 Å². The molecule has 0 aliphatic carbocycles.